The van der Waals surface area contributed by atoms with Crippen molar-refractivity contribution in [2.45, 2.75) is 6.42 Å². The second kappa shape index (κ2) is 5.78. The van der Waals surface area contributed by atoms with Crippen LogP contribution in [0.3, 0.4) is 0 Å². The summed E-state index contributed by atoms with van der Waals surface area (Å²) in [7, 11) is 0. The molecule has 0 aromatic heterocycles. The van der Waals surface area contributed by atoms with E-state index in [9.17, 15) is 9.18 Å². The lowest BCUT2D eigenvalue weighted by Crippen LogP contribution is -2.07. The third-order valence-corrected chi connectivity index (χ3v) is 4.13. The summed E-state index contributed by atoms with van der Waals surface area (Å²) >= 11 is 3.25. The minimum Gasteiger partial charge on any atom is -0.294 e. The van der Waals surface area contributed by atoms with Crippen LogP contribution in [0.2, 0.25) is 0 Å². The monoisotopic (exact) mass is 342 g/mol. The topological polar surface area (TPSA) is 17.1 Å². The van der Waals surface area contributed by atoms with E-state index in [1.54, 1.807) is 12.1 Å². The average molecular weight is 343 g/mol. The molecule has 1 nitrogen and oxygen atoms in total. The van der Waals surface area contributed by atoms with Gasteiger partial charge in [-0.1, -0.05) is 48.5 Å². The zero-order valence-electron chi connectivity index (χ0n) is 11.1. The molecule has 0 saturated carbocycles. The van der Waals surface area contributed by atoms with Crippen LogP contribution >= 0.6 is 15.9 Å². The van der Waals surface area contributed by atoms with Crippen LogP contribution in [0.15, 0.2) is 65.1 Å². The summed E-state index contributed by atoms with van der Waals surface area (Å²) in [6.45, 7) is 0. The van der Waals surface area contributed by atoms with E-state index < -0.39 is 5.82 Å². The van der Waals surface area contributed by atoms with Gasteiger partial charge in [-0.2, -0.15) is 0 Å². The summed E-state index contributed by atoms with van der Waals surface area (Å²) in [5.41, 5.74) is 1.03. The van der Waals surface area contributed by atoms with Crippen LogP contribution < -0.4 is 0 Å². The lowest BCUT2D eigenvalue weighted by atomic mass is 9.97. The fraction of sp³-hybridized carbons (Fsp3) is 0.0556. The molecule has 0 saturated heterocycles. The first kappa shape index (κ1) is 14.0. The highest BCUT2D eigenvalue weighted by Gasteiger charge is 2.16. The fourth-order valence-corrected chi connectivity index (χ4v) is 3.04. The molecule has 0 spiro atoms. The number of rotatable bonds is 3. The van der Waals surface area contributed by atoms with Gasteiger partial charge in [0.25, 0.3) is 0 Å². The molecular formula is C18H12BrFO. The Kier molecular flexibility index (Phi) is 3.84. The standard InChI is InChI=1S/C18H12BrFO/c19-15-9-4-10-16(20)18(15)17(21)11-13-7-3-6-12-5-1-2-8-14(12)13/h1-10H,11H2. The van der Waals surface area contributed by atoms with Crippen molar-refractivity contribution in [3.8, 4) is 0 Å². The van der Waals surface area contributed by atoms with Gasteiger partial charge in [0.15, 0.2) is 5.78 Å². The summed E-state index contributed by atoms with van der Waals surface area (Å²) in [4.78, 5) is 12.4. The highest BCUT2D eigenvalue weighted by molar-refractivity contribution is 9.10. The molecule has 0 amide bonds. The number of halogens is 2. The van der Waals surface area contributed by atoms with Crippen LogP contribution in [0.25, 0.3) is 10.8 Å². The molecule has 0 bridgehead atoms. The van der Waals surface area contributed by atoms with Crippen molar-refractivity contribution < 1.29 is 9.18 Å². The first-order chi connectivity index (χ1) is 10.2. The van der Waals surface area contributed by atoms with E-state index in [0.29, 0.717) is 4.47 Å². The van der Waals surface area contributed by atoms with E-state index in [1.807, 2.05) is 42.5 Å². The molecule has 0 aliphatic rings. The van der Waals surface area contributed by atoms with Gasteiger partial charge in [-0.05, 0) is 44.4 Å². The van der Waals surface area contributed by atoms with Gasteiger partial charge in [-0.3, -0.25) is 4.79 Å². The van der Waals surface area contributed by atoms with Gasteiger partial charge in [0.05, 0.1) is 5.56 Å². The van der Waals surface area contributed by atoms with Crippen LogP contribution in [0.1, 0.15) is 15.9 Å². The smallest absolute Gasteiger partial charge is 0.171 e. The average Bonchev–Trinajstić information content (AvgIpc) is 2.47. The Labute approximate surface area is 130 Å². The van der Waals surface area contributed by atoms with Gasteiger partial charge >= 0.3 is 0 Å². The van der Waals surface area contributed by atoms with E-state index in [2.05, 4.69) is 15.9 Å². The first-order valence-corrected chi connectivity index (χ1v) is 7.40. The third kappa shape index (κ3) is 2.74. The first-order valence-electron chi connectivity index (χ1n) is 6.60. The zero-order valence-corrected chi connectivity index (χ0v) is 12.7. The predicted octanol–water partition coefficient (Wildman–Crippen LogP) is 5.17. The van der Waals surface area contributed by atoms with Crippen molar-refractivity contribution in [2.75, 3.05) is 0 Å². The minimum atomic E-state index is -0.491. The van der Waals surface area contributed by atoms with Crippen molar-refractivity contribution in [3.05, 3.63) is 82.1 Å². The Morgan fingerprint density at radius 3 is 2.48 bits per heavy atom. The molecule has 3 aromatic rings. The van der Waals surface area contributed by atoms with Crippen molar-refractivity contribution >= 4 is 32.5 Å². The Morgan fingerprint density at radius 1 is 0.952 bits per heavy atom. The molecule has 0 N–H and O–H groups in total. The van der Waals surface area contributed by atoms with Crippen LogP contribution in [0.4, 0.5) is 4.39 Å². The van der Waals surface area contributed by atoms with Gasteiger partial charge in [0.1, 0.15) is 5.82 Å². The molecule has 0 fully saturated rings. The molecule has 21 heavy (non-hydrogen) atoms. The molecule has 3 aromatic carbocycles. The molecule has 0 aliphatic heterocycles. The number of benzene rings is 3. The maximum Gasteiger partial charge on any atom is 0.171 e. The van der Waals surface area contributed by atoms with E-state index in [0.717, 1.165) is 16.3 Å². The molecule has 3 heteroatoms. The minimum absolute atomic E-state index is 0.116. The second-order valence-electron chi connectivity index (χ2n) is 4.83. The zero-order chi connectivity index (χ0) is 14.8. The Bertz CT molecular complexity index is 801. The number of carbonyl (C=O) groups is 1. The summed E-state index contributed by atoms with van der Waals surface area (Å²) < 4.78 is 14.4. The number of ketones is 1. The van der Waals surface area contributed by atoms with Crippen molar-refractivity contribution in [1.82, 2.24) is 0 Å². The molecule has 0 heterocycles. The largest absolute Gasteiger partial charge is 0.294 e. The lowest BCUT2D eigenvalue weighted by molar-refractivity contribution is 0.0988. The molecular weight excluding hydrogens is 331 g/mol. The van der Waals surface area contributed by atoms with Gasteiger partial charge in [0, 0.05) is 10.9 Å². The SMILES string of the molecule is O=C(Cc1cccc2ccccc12)c1c(F)cccc1Br. The quantitative estimate of drug-likeness (QED) is 0.600. The summed E-state index contributed by atoms with van der Waals surface area (Å²) in [6, 6.07) is 18.3. The van der Waals surface area contributed by atoms with Crippen molar-refractivity contribution in [2.24, 2.45) is 0 Å². The predicted molar refractivity (Wildman–Crippen MR) is 86.1 cm³/mol. The summed E-state index contributed by atoms with van der Waals surface area (Å²) in [6.07, 6.45) is 0.181. The highest BCUT2D eigenvalue weighted by Crippen LogP contribution is 2.24. The summed E-state index contributed by atoms with van der Waals surface area (Å²) in [5, 5.41) is 2.11. The van der Waals surface area contributed by atoms with Crippen molar-refractivity contribution in [1.29, 1.82) is 0 Å². The highest BCUT2D eigenvalue weighted by atomic mass is 79.9. The number of hydrogen-bond acceptors (Lipinski definition) is 1. The molecule has 0 radical (unpaired) electrons. The Hall–Kier alpha value is -2.00. The number of fused-ring (bicyclic) bond motifs is 1. The van der Waals surface area contributed by atoms with Crippen LogP contribution in [0, 0.1) is 5.82 Å². The van der Waals surface area contributed by atoms with Crippen LogP contribution in [0.5, 0.6) is 0 Å². The molecule has 0 aliphatic carbocycles. The Balaban J connectivity index is 2.01. The molecule has 0 unspecified atom stereocenters. The van der Waals surface area contributed by atoms with Crippen LogP contribution in [-0.2, 0) is 6.42 Å². The van der Waals surface area contributed by atoms with Crippen molar-refractivity contribution in [3.63, 3.8) is 0 Å². The van der Waals surface area contributed by atoms with E-state index >= 15 is 0 Å². The van der Waals surface area contributed by atoms with E-state index in [1.165, 1.54) is 6.07 Å². The van der Waals surface area contributed by atoms with Gasteiger partial charge < -0.3 is 0 Å². The fourth-order valence-electron chi connectivity index (χ4n) is 2.47. The maximum absolute atomic E-state index is 13.9. The second-order valence-corrected chi connectivity index (χ2v) is 5.69. The van der Waals surface area contributed by atoms with E-state index in [-0.39, 0.29) is 17.8 Å². The Morgan fingerprint density at radius 2 is 1.67 bits per heavy atom. The van der Waals surface area contributed by atoms with Crippen LogP contribution in [-0.4, -0.2) is 5.78 Å². The maximum atomic E-state index is 13.9. The third-order valence-electron chi connectivity index (χ3n) is 3.47. The normalized spacial score (nSPS) is 10.8. The molecule has 3 rings (SSSR count). The number of carbonyl (C=O) groups excluding carboxylic acids is 1. The lowest BCUT2D eigenvalue weighted by Gasteiger charge is -2.08. The molecule has 104 valence electrons. The van der Waals surface area contributed by atoms with Gasteiger partial charge in [-0.15, -0.1) is 0 Å². The van der Waals surface area contributed by atoms with Gasteiger partial charge in [-0.25, -0.2) is 4.39 Å². The number of Topliss-reactive ketones (excluding diaryl/α,β-unsaturated/α-hetero) is 1. The summed E-state index contributed by atoms with van der Waals surface area (Å²) in [5.74, 6) is -0.717. The van der Waals surface area contributed by atoms with Gasteiger partial charge in [0.2, 0.25) is 0 Å². The number of hydrogen-bond donors (Lipinski definition) is 0. The molecule has 0 atom stereocenters. The van der Waals surface area contributed by atoms with E-state index in [4.69, 9.17) is 0 Å².